The van der Waals surface area contributed by atoms with Crippen molar-refractivity contribution in [3.05, 3.63) is 103 Å². The number of carboxylic acid groups (broad SMARTS) is 1. The molecule has 42 heavy (non-hydrogen) atoms. The molecule has 218 valence electrons. The number of nitrogens with zero attached hydrogens (tertiary/aromatic N) is 1. The lowest BCUT2D eigenvalue weighted by molar-refractivity contribution is -0.141. The lowest BCUT2D eigenvalue weighted by atomic mass is 9.92. The number of carbonyl (C=O) groups excluding carboxylic acids is 3. The zero-order valence-corrected chi connectivity index (χ0v) is 24.7. The molecule has 3 aromatic carbocycles. The SMILES string of the molecule is O=C(NC[C@H](CC(=O)c1c(Cl)cc2c(c1Cl)CCN(Cc1ccc(Cl)cc1)C2=O)C(=O)O)N[C@@H]1CCc2ccccc21. The lowest BCUT2D eigenvalue weighted by Crippen LogP contribution is -2.41. The third-order valence-electron chi connectivity index (χ3n) is 7.76. The van der Waals surface area contributed by atoms with Crippen LogP contribution < -0.4 is 10.6 Å². The Morgan fingerprint density at radius 2 is 1.76 bits per heavy atom. The van der Waals surface area contributed by atoms with Crippen molar-refractivity contribution < 1.29 is 24.3 Å². The third kappa shape index (κ3) is 6.41. The highest BCUT2D eigenvalue weighted by atomic mass is 35.5. The molecule has 3 amide bonds. The Bertz CT molecular complexity index is 1560. The van der Waals surface area contributed by atoms with E-state index in [1.165, 1.54) is 11.6 Å². The molecule has 5 rings (SSSR count). The van der Waals surface area contributed by atoms with Gasteiger partial charge in [-0.1, -0.05) is 71.2 Å². The van der Waals surface area contributed by atoms with E-state index in [4.69, 9.17) is 34.8 Å². The van der Waals surface area contributed by atoms with E-state index in [2.05, 4.69) is 10.6 Å². The summed E-state index contributed by atoms with van der Waals surface area (Å²) in [6.07, 6.45) is 1.57. The molecule has 2 aliphatic rings. The van der Waals surface area contributed by atoms with Crippen molar-refractivity contribution in [3.8, 4) is 0 Å². The van der Waals surface area contributed by atoms with Crippen LogP contribution in [0.4, 0.5) is 4.79 Å². The van der Waals surface area contributed by atoms with E-state index in [1.807, 2.05) is 36.4 Å². The molecule has 0 bridgehead atoms. The quantitative estimate of drug-likeness (QED) is 0.248. The van der Waals surface area contributed by atoms with Crippen LogP contribution in [0.1, 0.15) is 61.9 Å². The molecule has 0 aromatic heterocycles. The minimum Gasteiger partial charge on any atom is -0.481 e. The minimum atomic E-state index is -1.24. The van der Waals surface area contributed by atoms with Crippen molar-refractivity contribution in [2.45, 2.75) is 38.3 Å². The Hall–Kier alpha value is -3.59. The van der Waals surface area contributed by atoms with Crippen molar-refractivity contribution in [1.29, 1.82) is 0 Å². The standard InChI is InChI=1S/C31H28Cl3N3O5/c32-20-8-5-17(6-9-20)16-37-12-11-22-23(29(37)39)14-24(33)27(28(22)34)26(38)13-19(30(40)41)15-35-31(42)36-25-10-7-18-3-1-2-4-21(18)25/h1-6,8-9,14,19,25H,7,10-13,15-16H2,(H,40,41)(H2,35,36,42)/t19-,25+/m0/s1. The van der Waals surface area contributed by atoms with Gasteiger partial charge in [0.05, 0.1) is 27.6 Å². The van der Waals surface area contributed by atoms with E-state index in [0.29, 0.717) is 35.7 Å². The third-order valence-corrected chi connectivity index (χ3v) is 8.73. The molecule has 11 heteroatoms. The molecule has 3 N–H and O–H groups in total. The van der Waals surface area contributed by atoms with Crippen LogP contribution in [0.3, 0.4) is 0 Å². The van der Waals surface area contributed by atoms with Crippen LogP contribution in [0.15, 0.2) is 54.6 Å². The summed E-state index contributed by atoms with van der Waals surface area (Å²) in [6.45, 7) is 0.491. The average Bonchev–Trinajstić information content (AvgIpc) is 3.36. The molecule has 0 saturated heterocycles. The van der Waals surface area contributed by atoms with Crippen molar-refractivity contribution in [2.24, 2.45) is 5.92 Å². The first-order chi connectivity index (χ1) is 20.1. The first kappa shape index (κ1) is 29.9. The second-order valence-corrected chi connectivity index (χ2v) is 11.7. The van der Waals surface area contributed by atoms with Crippen LogP contribution in [0, 0.1) is 5.92 Å². The molecule has 1 aliphatic carbocycles. The van der Waals surface area contributed by atoms with Gasteiger partial charge in [0, 0.05) is 36.6 Å². The number of carboxylic acids is 1. The maximum atomic E-state index is 13.3. The number of rotatable bonds is 9. The number of benzene rings is 3. The Morgan fingerprint density at radius 1 is 1.02 bits per heavy atom. The number of nitrogens with one attached hydrogen (secondary N) is 2. The number of carbonyl (C=O) groups is 4. The van der Waals surface area contributed by atoms with Gasteiger partial charge in [-0.05, 0) is 59.7 Å². The summed E-state index contributed by atoms with van der Waals surface area (Å²) in [7, 11) is 0. The molecule has 3 aromatic rings. The molecule has 0 radical (unpaired) electrons. The topological polar surface area (TPSA) is 116 Å². The molecule has 0 spiro atoms. The van der Waals surface area contributed by atoms with Crippen LogP contribution >= 0.6 is 34.8 Å². The molecule has 0 unspecified atom stereocenters. The van der Waals surface area contributed by atoms with Crippen LogP contribution in [0.2, 0.25) is 15.1 Å². The first-order valence-electron chi connectivity index (χ1n) is 13.5. The van der Waals surface area contributed by atoms with Crippen LogP contribution in [0.5, 0.6) is 0 Å². The largest absolute Gasteiger partial charge is 0.481 e. The molecule has 1 heterocycles. The van der Waals surface area contributed by atoms with Gasteiger partial charge >= 0.3 is 12.0 Å². The van der Waals surface area contributed by atoms with E-state index in [1.54, 1.807) is 17.0 Å². The van der Waals surface area contributed by atoms with Crippen LogP contribution in [0.25, 0.3) is 0 Å². The number of hydrogen-bond donors (Lipinski definition) is 3. The lowest BCUT2D eigenvalue weighted by Gasteiger charge is -2.30. The number of urea groups is 1. The van der Waals surface area contributed by atoms with E-state index >= 15 is 0 Å². The van der Waals surface area contributed by atoms with Gasteiger partial charge in [-0.3, -0.25) is 14.4 Å². The molecule has 2 atom stereocenters. The maximum Gasteiger partial charge on any atom is 0.315 e. The van der Waals surface area contributed by atoms with E-state index in [0.717, 1.165) is 24.0 Å². The normalized spacial score (nSPS) is 16.4. The van der Waals surface area contributed by atoms with Gasteiger partial charge < -0.3 is 20.6 Å². The fourth-order valence-corrected chi connectivity index (χ4v) is 6.42. The second-order valence-electron chi connectivity index (χ2n) is 10.5. The van der Waals surface area contributed by atoms with Gasteiger partial charge in [0.15, 0.2) is 5.78 Å². The summed E-state index contributed by atoms with van der Waals surface area (Å²) < 4.78 is 0. The van der Waals surface area contributed by atoms with Gasteiger partial charge in [0.1, 0.15) is 0 Å². The number of ketones is 1. The molecular weight excluding hydrogens is 601 g/mol. The summed E-state index contributed by atoms with van der Waals surface area (Å²) in [5.74, 6) is -3.30. The Labute approximate surface area is 257 Å². The first-order valence-corrected chi connectivity index (χ1v) is 14.7. The Balaban J connectivity index is 1.24. The van der Waals surface area contributed by atoms with Gasteiger partial charge in [-0.15, -0.1) is 0 Å². The Morgan fingerprint density at radius 3 is 2.50 bits per heavy atom. The van der Waals surface area contributed by atoms with Crippen molar-refractivity contribution in [1.82, 2.24) is 15.5 Å². The summed E-state index contributed by atoms with van der Waals surface area (Å²) in [5, 5.41) is 15.9. The highest BCUT2D eigenvalue weighted by Gasteiger charge is 2.32. The monoisotopic (exact) mass is 627 g/mol. The van der Waals surface area contributed by atoms with Gasteiger partial charge in [-0.2, -0.15) is 0 Å². The second kappa shape index (κ2) is 12.7. The van der Waals surface area contributed by atoms with Crippen molar-refractivity contribution in [2.75, 3.05) is 13.1 Å². The zero-order chi connectivity index (χ0) is 30.0. The molecular formula is C31H28Cl3N3O5. The summed E-state index contributed by atoms with van der Waals surface area (Å²) in [4.78, 5) is 52.8. The van der Waals surface area contributed by atoms with E-state index in [-0.39, 0.29) is 34.1 Å². The molecule has 0 fully saturated rings. The van der Waals surface area contributed by atoms with Crippen molar-refractivity contribution >= 4 is 58.5 Å². The van der Waals surface area contributed by atoms with E-state index in [9.17, 15) is 24.3 Å². The highest BCUT2D eigenvalue weighted by Crippen LogP contribution is 2.36. The number of Topliss-reactive ketones (excluding diaryl/α,β-unsaturated/α-hetero) is 1. The molecule has 1 aliphatic heterocycles. The number of aryl methyl sites for hydroxylation is 1. The van der Waals surface area contributed by atoms with Gasteiger partial charge in [-0.25, -0.2) is 4.79 Å². The predicted molar refractivity (Wildman–Crippen MR) is 160 cm³/mol. The average molecular weight is 629 g/mol. The number of hydrogen-bond acceptors (Lipinski definition) is 4. The number of fused-ring (bicyclic) bond motifs is 2. The predicted octanol–water partition coefficient (Wildman–Crippen LogP) is 6.11. The number of aliphatic carboxylic acids is 1. The highest BCUT2D eigenvalue weighted by molar-refractivity contribution is 6.41. The van der Waals surface area contributed by atoms with Crippen molar-refractivity contribution in [3.63, 3.8) is 0 Å². The van der Waals surface area contributed by atoms with Gasteiger partial charge in [0.2, 0.25) is 0 Å². The van der Waals surface area contributed by atoms with Crippen LogP contribution in [-0.4, -0.2) is 46.8 Å². The zero-order valence-electron chi connectivity index (χ0n) is 22.5. The number of amides is 3. The molecule has 0 saturated carbocycles. The fourth-order valence-electron chi connectivity index (χ4n) is 5.54. The summed E-state index contributed by atoms with van der Waals surface area (Å²) in [6, 6.07) is 15.8. The van der Waals surface area contributed by atoms with Crippen LogP contribution in [-0.2, 0) is 24.2 Å². The Kier molecular flexibility index (Phi) is 9.06. The smallest absolute Gasteiger partial charge is 0.315 e. The minimum absolute atomic E-state index is 0.0192. The fraction of sp³-hybridized carbons (Fsp3) is 0.290. The van der Waals surface area contributed by atoms with E-state index < -0.39 is 30.1 Å². The summed E-state index contributed by atoms with van der Waals surface area (Å²) >= 11 is 19.0. The molecule has 8 nitrogen and oxygen atoms in total. The number of halogens is 3. The summed E-state index contributed by atoms with van der Waals surface area (Å²) in [5.41, 5.74) is 3.92. The van der Waals surface area contributed by atoms with Gasteiger partial charge in [0.25, 0.3) is 5.91 Å². The maximum absolute atomic E-state index is 13.3.